The van der Waals surface area contributed by atoms with Crippen LogP contribution in [0.1, 0.15) is 30.5 Å². The molecule has 1 atom stereocenters. The predicted octanol–water partition coefficient (Wildman–Crippen LogP) is 2.30. The molecule has 13 heavy (non-hydrogen) atoms. The van der Waals surface area contributed by atoms with Crippen molar-refractivity contribution in [3.05, 3.63) is 22.2 Å². The largest absolute Gasteiger partial charge is 0.370 e. The Morgan fingerprint density at radius 2 is 2.54 bits per heavy atom. The first-order valence-corrected chi connectivity index (χ1v) is 4.86. The van der Waals surface area contributed by atoms with Crippen LogP contribution in [0.5, 0.6) is 0 Å². The van der Waals surface area contributed by atoms with E-state index in [1.165, 1.54) is 0 Å². The van der Waals surface area contributed by atoms with Gasteiger partial charge in [-0.15, -0.1) is 0 Å². The van der Waals surface area contributed by atoms with Gasteiger partial charge in [-0.05, 0) is 25.8 Å². The number of nitrogens with zero attached hydrogens (tertiary/aromatic N) is 1. The van der Waals surface area contributed by atoms with Crippen molar-refractivity contribution < 1.29 is 4.74 Å². The third kappa shape index (κ3) is 1.95. The summed E-state index contributed by atoms with van der Waals surface area (Å²) in [7, 11) is 0. The van der Waals surface area contributed by atoms with Crippen LogP contribution >= 0.6 is 12.2 Å². The van der Waals surface area contributed by atoms with Gasteiger partial charge < -0.3 is 9.72 Å². The first kappa shape index (κ1) is 8.84. The summed E-state index contributed by atoms with van der Waals surface area (Å²) in [6.45, 7) is 2.82. The molecule has 1 saturated heterocycles. The van der Waals surface area contributed by atoms with Gasteiger partial charge in [0, 0.05) is 12.3 Å². The lowest BCUT2D eigenvalue weighted by Gasteiger charge is -2.08. The van der Waals surface area contributed by atoms with Crippen molar-refractivity contribution >= 4 is 12.2 Å². The zero-order valence-corrected chi connectivity index (χ0v) is 8.36. The summed E-state index contributed by atoms with van der Waals surface area (Å²) in [6.07, 6.45) is 2.28. The van der Waals surface area contributed by atoms with Gasteiger partial charge in [-0.1, -0.05) is 12.2 Å². The third-order valence-corrected chi connectivity index (χ3v) is 2.34. The van der Waals surface area contributed by atoms with Crippen LogP contribution in [0.4, 0.5) is 0 Å². The number of hydrogen-bond acceptors (Lipinski definition) is 3. The zero-order chi connectivity index (χ0) is 9.26. The maximum Gasteiger partial charge on any atom is 0.137 e. The van der Waals surface area contributed by atoms with Gasteiger partial charge in [0.25, 0.3) is 0 Å². The minimum atomic E-state index is 0.126. The fourth-order valence-corrected chi connectivity index (χ4v) is 1.82. The summed E-state index contributed by atoms with van der Waals surface area (Å²) >= 11 is 5.04. The number of aromatic nitrogens is 2. The number of rotatable bonds is 1. The Hall–Kier alpha value is -0.740. The van der Waals surface area contributed by atoms with E-state index in [1.807, 2.05) is 13.0 Å². The average molecular weight is 196 g/mol. The zero-order valence-electron chi connectivity index (χ0n) is 7.54. The van der Waals surface area contributed by atoms with Gasteiger partial charge in [0.1, 0.15) is 16.6 Å². The highest BCUT2D eigenvalue weighted by Crippen LogP contribution is 2.25. The SMILES string of the molecule is Cc1cc(=S)nc(C2CCCO2)[nH]1. The molecule has 3 nitrogen and oxygen atoms in total. The third-order valence-electron chi connectivity index (χ3n) is 2.13. The lowest BCUT2D eigenvalue weighted by atomic mass is 10.2. The van der Waals surface area contributed by atoms with Gasteiger partial charge in [0.15, 0.2) is 0 Å². The number of aryl methyl sites for hydroxylation is 1. The summed E-state index contributed by atoms with van der Waals surface area (Å²) in [5.41, 5.74) is 1.05. The summed E-state index contributed by atoms with van der Waals surface area (Å²) < 4.78 is 6.15. The lowest BCUT2D eigenvalue weighted by Crippen LogP contribution is -2.03. The highest BCUT2D eigenvalue weighted by molar-refractivity contribution is 7.71. The van der Waals surface area contributed by atoms with Gasteiger partial charge in [-0.2, -0.15) is 0 Å². The summed E-state index contributed by atoms with van der Waals surface area (Å²) in [6, 6.07) is 1.85. The van der Waals surface area contributed by atoms with E-state index in [9.17, 15) is 0 Å². The molecule has 1 fully saturated rings. The molecule has 0 aromatic carbocycles. The first-order valence-electron chi connectivity index (χ1n) is 4.45. The Morgan fingerprint density at radius 1 is 1.69 bits per heavy atom. The van der Waals surface area contributed by atoms with E-state index in [4.69, 9.17) is 17.0 Å². The molecule has 0 spiro atoms. The quantitative estimate of drug-likeness (QED) is 0.700. The van der Waals surface area contributed by atoms with Crippen molar-refractivity contribution in [2.24, 2.45) is 0 Å². The van der Waals surface area contributed by atoms with E-state index in [0.717, 1.165) is 31.0 Å². The molecule has 1 aliphatic rings. The van der Waals surface area contributed by atoms with Crippen LogP contribution in [0.25, 0.3) is 0 Å². The summed E-state index contributed by atoms with van der Waals surface area (Å²) in [5, 5.41) is 0. The minimum Gasteiger partial charge on any atom is -0.370 e. The Bertz CT molecular complexity index is 355. The molecule has 1 N–H and O–H groups in total. The standard InChI is InChI=1S/C9H12N2OS/c1-6-5-8(13)11-9(10-6)7-3-2-4-12-7/h5,7H,2-4H2,1H3,(H,10,11,13). The van der Waals surface area contributed by atoms with E-state index in [2.05, 4.69) is 9.97 Å². The maximum absolute atomic E-state index is 5.51. The van der Waals surface area contributed by atoms with E-state index >= 15 is 0 Å². The number of ether oxygens (including phenoxy) is 1. The van der Waals surface area contributed by atoms with Gasteiger partial charge >= 0.3 is 0 Å². The van der Waals surface area contributed by atoms with Crippen LogP contribution in [-0.4, -0.2) is 16.6 Å². The van der Waals surface area contributed by atoms with Crippen LogP contribution in [0.3, 0.4) is 0 Å². The number of hydrogen-bond donors (Lipinski definition) is 1. The number of H-pyrrole nitrogens is 1. The highest BCUT2D eigenvalue weighted by atomic mass is 32.1. The van der Waals surface area contributed by atoms with E-state index in [-0.39, 0.29) is 6.10 Å². The number of aromatic amines is 1. The smallest absolute Gasteiger partial charge is 0.137 e. The van der Waals surface area contributed by atoms with Crippen molar-refractivity contribution in [3.63, 3.8) is 0 Å². The highest BCUT2D eigenvalue weighted by Gasteiger charge is 2.19. The van der Waals surface area contributed by atoms with Crippen LogP contribution in [-0.2, 0) is 4.74 Å². The molecule has 0 saturated carbocycles. The fraction of sp³-hybridized carbons (Fsp3) is 0.556. The van der Waals surface area contributed by atoms with Gasteiger partial charge in [-0.25, -0.2) is 4.98 Å². The second-order valence-corrected chi connectivity index (χ2v) is 3.71. The molecule has 1 unspecified atom stereocenters. The normalized spacial score (nSPS) is 22.1. The number of nitrogens with one attached hydrogen (secondary N) is 1. The van der Waals surface area contributed by atoms with Crippen molar-refractivity contribution in [3.8, 4) is 0 Å². The molecular weight excluding hydrogens is 184 g/mol. The molecular formula is C9H12N2OS. The van der Waals surface area contributed by atoms with Crippen LogP contribution in [0.15, 0.2) is 6.07 Å². The molecule has 1 aromatic rings. The van der Waals surface area contributed by atoms with Crippen molar-refractivity contribution in [2.45, 2.75) is 25.9 Å². The Morgan fingerprint density at radius 3 is 3.15 bits per heavy atom. The van der Waals surface area contributed by atoms with E-state index in [1.54, 1.807) is 0 Å². The van der Waals surface area contributed by atoms with E-state index < -0.39 is 0 Å². The summed E-state index contributed by atoms with van der Waals surface area (Å²) in [5.74, 6) is 0.877. The fourth-order valence-electron chi connectivity index (χ4n) is 1.55. The molecule has 1 aliphatic heterocycles. The molecule has 0 radical (unpaired) electrons. The molecule has 0 bridgehead atoms. The summed E-state index contributed by atoms with van der Waals surface area (Å²) in [4.78, 5) is 7.44. The van der Waals surface area contributed by atoms with Gasteiger partial charge in [0.2, 0.25) is 0 Å². The van der Waals surface area contributed by atoms with E-state index in [0.29, 0.717) is 4.64 Å². The second-order valence-electron chi connectivity index (χ2n) is 3.29. The second kappa shape index (κ2) is 3.55. The molecule has 70 valence electrons. The van der Waals surface area contributed by atoms with Crippen LogP contribution in [0, 0.1) is 11.6 Å². The van der Waals surface area contributed by atoms with Gasteiger partial charge in [0.05, 0.1) is 0 Å². The molecule has 0 amide bonds. The Labute approximate surface area is 82.2 Å². The Kier molecular flexibility index (Phi) is 2.42. The topological polar surface area (TPSA) is 37.9 Å². The lowest BCUT2D eigenvalue weighted by molar-refractivity contribution is 0.105. The molecule has 2 rings (SSSR count). The minimum absolute atomic E-state index is 0.126. The molecule has 1 aromatic heterocycles. The molecule has 2 heterocycles. The van der Waals surface area contributed by atoms with Crippen molar-refractivity contribution in [1.29, 1.82) is 0 Å². The van der Waals surface area contributed by atoms with Crippen molar-refractivity contribution in [2.75, 3.05) is 6.61 Å². The van der Waals surface area contributed by atoms with Crippen LogP contribution < -0.4 is 0 Å². The molecule has 0 aliphatic carbocycles. The monoisotopic (exact) mass is 196 g/mol. The predicted molar refractivity (Wildman–Crippen MR) is 52.1 cm³/mol. The average Bonchev–Trinajstić information content (AvgIpc) is 2.53. The maximum atomic E-state index is 5.51. The Balaban J connectivity index is 2.33. The van der Waals surface area contributed by atoms with Crippen LogP contribution in [0.2, 0.25) is 0 Å². The molecule has 4 heteroatoms. The van der Waals surface area contributed by atoms with Gasteiger partial charge in [-0.3, -0.25) is 0 Å². The first-order chi connectivity index (χ1) is 6.25. The van der Waals surface area contributed by atoms with Crippen molar-refractivity contribution in [1.82, 2.24) is 9.97 Å².